The van der Waals surface area contributed by atoms with Crippen LogP contribution in [0.2, 0.25) is 0 Å². The topological polar surface area (TPSA) is 49.4 Å². The third-order valence-electron chi connectivity index (χ3n) is 4.15. The van der Waals surface area contributed by atoms with Gasteiger partial charge < -0.3 is 10.2 Å². The summed E-state index contributed by atoms with van der Waals surface area (Å²) in [5.74, 6) is 0.595. The van der Waals surface area contributed by atoms with Crippen LogP contribution in [0.15, 0.2) is 12.2 Å². The average molecular weight is 264 g/mol. The van der Waals surface area contributed by atoms with E-state index in [9.17, 15) is 9.59 Å². The molecule has 1 saturated heterocycles. The lowest BCUT2D eigenvalue weighted by atomic mass is 9.92. The van der Waals surface area contributed by atoms with E-state index in [-0.39, 0.29) is 23.9 Å². The number of rotatable bonds is 4. The summed E-state index contributed by atoms with van der Waals surface area (Å²) in [6, 6.07) is -0.639. The SMILES string of the molecule is CCCC1NC(=O)C(C)N(CC2CC=CCC2)C1=O. The Morgan fingerprint density at radius 2 is 2.16 bits per heavy atom. The first-order chi connectivity index (χ1) is 9.13. The Balaban J connectivity index is 2.04. The van der Waals surface area contributed by atoms with Gasteiger partial charge in [-0.1, -0.05) is 25.5 Å². The standard InChI is InChI=1S/C15H24N2O2/c1-3-7-13-15(19)17(11(2)14(18)16-13)10-12-8-5-4-6-9-12/h4-5,11-13H,3,6-10H2,1-2H3,(H,16,18). The van der Waals surface area contributed by atoms with Crippen LogP contribution < -0.4 is 5.32 Å². The van der Waals surface area contributed by atoms with Gasteiger partial charge >= 0.3 is 0 Å². The van der Waals surface area contributed by atoms with Crippen molar-refractivity contribution >= 4 is 11.8 Å². The molecule has 4 nitrogen and oxygen atoms in total. The number of allylic oxidation sites excluding steroid dienone is 2. The predicted octanol–water partition coefficient (Wildman–Crippen LogP) is 1.86. The molecule has 0 radical (unpaired) electrons. The summed E-state index contributed by atoms with van der Waals surface area (Å²) in [5, 5.41) is 2.84. The van der Waals surface area contributed by atoms with Crippen molar-refractivity contribution in [2.75, 3.05) is 6.54 Å². The Labute approximate surface area is 115 Å². The van der Waals surface area contributed by atoms with Crippen LogP contribution in [-0.2, 0) is 9.59 Å². The summed E-state index contributed by atoms with van der Waals surface area (Å²) in [7, 11) is 0. The number of nitrogens with one attached hydrogen (secondary N) is 1. The van der Waals surface area contributed by atoms with Crippen LogP contribution >= 0.6 is 0 Å². The van der Waals surface area contributed by atoms with E-state index < -0.39 is 0 Å². The second kappa shape index (κ2) is 6.22. The first-order valence-corrected chi connectivity index (χ1v) is 7.39. The molecule has 0 spiro atoms. The minimum atomic E-state index is -0.327. The molecule has 2 aliphatic rings. The smallest absolute Gasteiger partial charge is 0.245 e. The largest absolute Gasteiger partial charge is 0.343 e. The summed E-state index contributed by atoms with van der Waals surface area (Å²) in [6.45, 7) is 4.58. The summed E-state index contributed by atoms with van der Waals surface area (Å²) in [6.07, 6.45) is 9.26. The van der Waals surface area contributed by atoms with E-state index in [1.165, 1.54) is 0 Å². The molecule has 0 bridgehead atoms. The lowest BCUT2D eigenvalue weighted by Crippen LogP contribution is -2.63. The second-order valence-electron chi connectivity index (χ2n) is 5.67. The van der Waals surface area contributed by atoms with Crippen LogP contribution in [0.3, 0.4) is 0 Å². The van der Waals surface area contributed by atoms with Crippen LogP contribution in [0.25, 0.3) is 0 Å². The lowest BCUT2D eigenvalue weighted by molar-refractivity contribution is -0.149. The molecule has 1 heterocycles. The van der Waals surface area contributed by atoms with Gasteiger partial charge in [-0.2, -0.15) is 0 Å². The molecule has 0 aromatic carbocycles. The average Bonchev–Trinajstić information content (AvgIpc) is 2.42. The molecule has 19 heavy (non-hydrogen) atoms. The molecule has 2 amide bonds. The fourth-order valence-corrected chi connectivity index (χ4v) is 2.92. The molecule has 3 unspecified atom stereocenters. The quantitative estimate of drug-likeness (QED) is 0.788. The zero-order valence-corrected chi connectivity index (χ0v) is 11.9. The van der Waals surface area contributed by atoms with Crippen LogP contribution in [-0.4, -0.2) is 35.3 Å². The highest BCUT2D eigenvalue weighted by atomic mass is 16.2. The molecular formula is C15H24N2O2. The highest BCUT2D eigenvalue weighted by molar-refractivity contribution is 5.96. The number of carbonyl (C=O) groups excluding carboxylic acids is 2. The van der Waals surface area contributed by atoms with Gasteiger partial charge in [-0.15, -0.1) is 0 Å². The normalized spacial score (nSPS) is 31.5. The van der Waals surface area contributed by atoms with E-state index in [2.05, 4.69) is 17.5 Å². The number of nitrogens with zero attached hydrogens (tertiary/aromatic N) is 1. The summed E-state index contributed by atoms with van der Waals surface area (Å²) >= 11 is 0. The van der Waals surface area contributed by atoms with Crippen molar-refractivity contribution in [1.82, 2.24) is 10.2 Å². The summed E-state index contributed by atoms with van der Waals surface area (Å²) in [5.41, 5.74) is 0. The van der Waals surface area contributed by atoms with Crippen molar-refractivity contribution in [2.24, 2.45) is 5.92 Å². The Morgan fingerprint density at radius 1 is 1.37 bits per heavy atom. The molecule has 1 fully saturated rings. The van der Waals surface area contributed by atoms with Crippen molar-refractivity contribution in [3.63, 3.8) is 0 Å². The maximum atomic E-state index is 12.4. The maximum Gasteiger partial charge on any atom is 0.245 e. The van der Waals surface area contributed by atoms with Gasteiger partial charge in [0, 0.05) is 6.54 Å². The monoisotopic (exact) mass is 264 g/mol. The molecule has 1 aliphatic carbocycles. The van der Waals surface area contributed by atoms with E-state index in [1.54, 1.807) is 4.90 Å². The molecule has 1 N–H and O–H groups in total. The van der Waals surface area contributed by atoms with Crippen molar-refractivity contribution < 1.29 is 9.59 Å². The predicted molar refractivity (Wildman–Crippen MR) is 74.5 cm³/mol. The lowest BCUT2D eigenvalue weighted by Gasteiger charge is -2.39. The van der Waals surface area contributed by atoms with E-state index in [0.717, 1.165) is 38.6 Å². The fourth-order valence-electron chi connectivity index (χ4n) is 2.92. The molecular weight excluding hydrogens is 240 g/mol. The number of hydrogen-bond acceptors (Lipinski definition) is 2. The van der Waals surface area contributed by atoms with Crippen LogP contribution in [0.4, 0.5) is 0 Å². The number of carbonyl (C=O) groups is 2. The van der Waals surface area contributed by atoms with Crippen LogP contribution in [0.5, 0.6) is 0 Å². The van der Waals surface area contributed by atoms with Gasteiger partial charge in [0.1, 0.15) is 12.1 Å². The Morgan fingerprint density at radius 3 is 2.79 bits per heavy atom. The molecule has 0 saturated carbocycles. The van der Waals surface area contributed by atoms with E-state index in [1.807, 2.05) is 13.8 Å². The molecule has 106 valence electrons. The molecule has 0 aromatic rings. The number of amides is 2. The van der Waals surface area contributed by atoms with Gasteiger partial charge in [0.2, 0.25) is 11.8 Å². The van der Waals surface area contributed by atoms with Gasteiger partial charge in [0.15, 0.2) is 0 Å². The van der Waals surface area contributed by atoms with Gasteiger partial charge in [-0.05, 0) is 38.5 Å². The molecule has 4 heteroatoms. The summed E-state index contributed by atoms with van der Waals surface area (Å²) < 4.78 is 0. The van der Waals surface area contributed by atoms with Crippen LogP contribution in [0, 0.1) is 5.92 Å². The molecule has 3 atom stereocenters. The number of piperazine rings is 1. The highest BCUT2D eigenvalue weighted by Gasteiger charge is 2.38. The van der Waals surface area contributed by atoms with Gasteiger partial charge in [0.25, 0.3) is 0 Å². The zero-order chi connectivity index (χ0) is 13.8. The minimum Gasteiger partial charge on any atom is -0.343 e. The van der Waals surface area contributed by atoms with Gasteiger partial charge in [0.05, 0.1) is 0 Å². The first kappa shape index (κ1) is 14.1. The van der Waals surface area contributed by atoms with E-state index in [0.29, 0.717) is 5.92 Å². The Kier molecular flexibility index (Phi) is 4.61. The van der Waals surface area contributed by atoms with Crippen molar-refractivity contribution in [3.05, 3.63) is 12.2 Å². The highest BCUT2D eigenvalue weighted by Crippen LogP contribution is 2.22. The van der Waals surface area contributed by atoms with Crippen molar-refractivity contribution in [3.8, 4) is 0 Å². The zero-order valence-electron chi connectivity index (χ0n) is 11.9. The van der Waals surface area contributed by atoms with Gasteiger partial charge in [-0.25, -0.2) is 0 Å². The second-order valence-corrected chi connectivity index (χ2v) is 5.67. The fraction of sp³-hybridized carbons (Fsp3) is 0.733. The summed E-state index contributed by atoms with van der Waals surface area (Å²) in [4.78, 5) is 26.2. The molecule has 0 aromatic heterocycles. The van der Waals surface area contributed by atoms with Crippen LogP contribution in [0.1, 0.15) is 46.0 Å². The number of hydrogen-bond donors (Lipinski definition) is 1. The third kappa shape index (κ3) is 3.17. The van der Waals surface area contributed by atoms with Crippen molar-refractivity contribution in [1.29, 1.82) is 0 Å². The third-order valence-corrected chi connectivity index (χ3v) is 4.15. The molecule has 1 aliphatic heterocycles. The molecule has 2 rings (SSSR count). The van der Waals surface area contributed by atoms with Gasteiger partial charge in [-0.3, -0.25) is 9.59 Å². The minimum absolute atomic E-state index is 0.00981. The van der Waals surface area contributed by atoms with E-state index >= 15 is 0 Å². The maximum absolute atomic E-state index is 12.4. The Hall–Kier alpha value is -1.32. The first-order valence-electron chi connectivity index (χ1n) is 7.39. The van der Waals surface area contributed by atoms with Crippen molar-refractivity contribution in [2.45, 2.75) is 58.0 Å². The van der Waals surface area contributed by atoms with E-state index in [4.69, 9.17) is 0 Å². The Bertz CT molecular complexity index is 378.